The van der Waals surface area contributed by atoms with Crippen molar-refractivity contribution in [2.75, 3.05) is 18.1 Å². The minimum atomic E-state index is -0.254. The van der Waals surface area contributed by atoms with Gasteiger partial charge in [0.2, 0.25) is 0 Å². The molecule has 0 spiro atoms. The Morgan fingerprint density at radius 1 is 0.964 bits per heavy atom. The van der Waals surface area contributed by atoms with E-state index in [0.717, 1.165) is 43.2 Å². The second kappa shape index (κ2) is 8.77. The highest BCUT2D eigenvalue weighted by atomic mass is 32.2. The Morgan fingerprint density at radius 3 is 2.39 bits per heavy atom. The summed E-state index contributed by atoms with van der Waals surface area (Å²) in [6, 6.07) is 12.8. The van der Waals surface area contributed by atoms with Gasteiger partial charge < -0.3 is 9.47 Å². The van der Waals surface area contributed by atoms with Crippen molar-refractivity contribution in [1.29, 1.82) is 0 Å². The molecule has 4 heteroatoms. The van der Waals surface area contributed by atoms with E-state index < -0.39 is 0 Å². The first-order valence-corrected chi connectivity index (χ1v) is 12.5. The average molecular weight is 401 g/mol. The van der Waals surface area contributed by atoms with Crippen LogP contribution in [0.1, 0.15) is 58.3 Å². The number of thiol groups is 1. The van der Waals surface area contributed by atoms with Crippen LogP contribution in [0.5, 0.6) is 5.75 Å². The summed E-state index contributed by atoms with van der Waals surface area (Å²) in [5.74, 6) is 3.23. The van der Waals surface area contributed by atoms with Crippen molar-refractivity contribution in [2.45, 2.75) is 68.8 Å². The van der Waals surface area contributed by atoms with E-state index in [9.17, 15) is 4.79 Å². The molecular weight excluding hydrogens is 368 g/mol. The van der Waals surface area contributed by atoms with Crippen molar-refractivity contribution in [2.24, 2.45) is 0 Å². The van der Waals surface area contributed by atoms with Gasteiger partial charge in [-0.25, -0.2) is 15.7 Å². The van der Waals surface area contributed by atoms with E-state index in [0.29, 0.717) is 0 Å². The van der Waals surface area contributed by atoms with Crippen LogP contribution in [0, 0.1) is 0 Å². The predicted molar refractivity (Wildman–Crippen MR) is 118 cm³/mol. The topological polar surface area (TPSA) is 35.5 Å². The lowest BCUT2D eigenvalue weighted by Gasteiger charge is -2.28. The summed E-state index contributed by atoms with van der Waals surface area (Å²) in [7, 11) is -0.0664. The Kier molecular flexibility index (Phi) is 6.15. The van der Waals surface area contributed by atoms with Crippen LogP contribution in [-0.4, -0.2) is 29.7 Å². The van der Waals surface area contributed by atoms with Crippen molar-refractivity contribution >= 4 is 27.6 Å². The summed E-state index contributed by atoms with van der Waals surface area (Å²) in [6.07, 6.45) is 9.23. The minimum absolute atomic E-state index is 0.0140. The first-order chi connectivity index (χ1) is 13.7. The summed E-state index contributed by atoms with van der Waals surface area (Å²) in [6.45, 7) is 2.10. The molecule has 0 amide bonds. The minimum Gasteiger partial charge on any atom is -0.481 e. The van der Waals surface area contributed by atoms with Crippen LogP contribution in [0.15, 0.2) is 41.3 Å². The van der Waals surface area contributed by atoms with Crippen LogP contribution in [0.4, 0.5) is 0 Å². The molecule has 0 bridgehead atoms. The molecule has 2 fully saturated rings. The molecule has 1 heterocycles. The highest BCUT2D eigenvalue weighted by Gasteiger charge is 2.35. The fourth-order valence-electron chi connectivity index (χ4n) is 4.75. The number of ether oxygens (including phenoxy) is 2. The van der Waals surface area contributed by atoms with Gasteiger partial charge in [0.15, 0.2) is 6.61 Å². The van der Waals surface area contributed by atoms with Crippen LogP contribution >= 0.6 is 10.9 Å². The molecule has 0 unspecified atom stereocenters. The first-order valence-electron chi connectivity index (χ1n) is 10.8. The third kappa shape index (κ3) is 4.17. The second-order valence-electron chi connectivity index (χ2n) is 8.18. The van der Waals surface area contributed by atoms with Gasteiger partial charge >= 0.3 is 5.97 Å². The molecule has 1 aliphatic heterocycles. The Balaban J connectivity index is 1.49. The fourth-order valence-corrected chi connectivity index (χ4v) is 7.48. The number of hydrogen-bond acceptors (Lipinski definition) is 3. The number of carbonyl (C=O) groups excluding carboxylic acids is 1. The average Bonchev–Trinajstić information content (AvgIpc) is 3.21. The van der Waals surface area contributed by atoms with Crippen molar-refractivity contribution in [1.82, 2.24) is 0 Å². The molecule has 3 nitrogen and oxygen atoms in total. The van der Waals surface area contributed by atoms with Crippen LogP contribution in [0.2, 0.25) is 0 Å². The van der Waals surface area contributed by atoms with E-state index in [1.807, 2.05) is 0 Å². The molecule has 0 atom stereocenters. The molecule has 28 heavy (non-hydrogen) atoms. The van der Waals surface area contributed by atoms with Gasteiger partial charge in [-0.2, -0.15) is 0 Å². The van der Waals surface area contributed by atoms with Crippen LogP contribution in [0.3, 0.4) is 0 Å². The van der Waals surface area contributed by atoms with Gasteiger partial charge in [0.05, 0.1) is 0 Å². The Hall–Kier alpha value is -1.68. The molecule has 1 aliphatic carbocycles. The maximum atomic E-state index is 12.4. The maximum absolute atomic E-state index is 12.4. The number of carbonyl (C=O) groups is 1. The fraction of sp³-hybridized carbons (Fsp3) is 0.542. The number of esters is 1. The van der Waals surface area contributed by atoms with E-state index in [1.54, 1.807) is 0 Å². The van der Waals surface area contributed by atoms with Gasteiger partial charge in [0.1, 0.15) is 11.4 Å². The SMILES string of the molecule is CCC1(OC(=O)COc2ccc([SH]3CCCCC3)c3ccccc23)CCCC1. The zero-order valence-electron chi connectivity index (χ0n) is 16.9. The molecule has 2 aromatic rings. The molecule has 1 saturated carbocycles. The maximum Gasteiger partial charge on any atom is 0.344 e. The third-order valence-corrected chi connectivity index (χ3v) is 9.18. The molecule has 0 radical (unpaired) electrons. The smallest absolute Gasteiger partial charge is 0.344 e. The number of benzene rings is 2. The van der Waals surface area contributed by atoms with Gasteiger partial charge in [0.25, 0.3) is 0 Å². The van der Waals surface area contributed by atoms with Gasteiger partial charge in [-0.15, -0.1) is 0 Å². The molecule has 0 N–H and O–H groups in total. The predicted octanol–water partition coefficient (Wildman–Crippen LogP) is 6.03. The van der Waals surface area contributed by atoms with Crippen LogP contribution < -0.4 is 4.74 Å². The molecule has 2 aromatic carbocycles. The van der Waals surface area contributed by atoms with E-state index in [1.165, 1.54) is 41.0 Å². The van der Waals surface area contributed by atoms with E-state index in [4.69, 9.17) is 9.47 Å². The third-order valence-electron chi connectivity index (χ3n) is 6.39. The summed E-state index contributed by atoms with van der Waals surface area (Å²) in [5.41, 5.74) is -0.254. The van der Waals surface area contributed by atoms with Crippen molar-refractivity contribution in [3.05, 3.63) is 36.4 Å². The van der Waals surface area contributed by atoms with E-state index in [-0.39, 0.29) is 29.1 Å². The highest BCUT2D eigenvalue weighted by molar-refractivity contribution is 8.17. The normalized spacial score (nSPS) is 20.2. The van der Waals surface area contributed by atoms with E-state index >= 15 is 0 Å². The van der Waals surface area contributed by atoms with Crippen LogP contribution in [0.25, 0.3) is 10.8 Å². The molecule has 2 aliphatic rings. The number of hydrogen-bond donors (Lipinski definition) is 1. The Bertz CT molecular complexity index is 820. The van der Waals surface area contributed by atoms with Gasteiger partial charge in [0, 0.05) is 5.39 Å². The Morgan fingerprint density at radius 2 is 1.68 bits per heavy atom. The zero-order valence-corrected chi connectivity index (χ0v) is 17.8. The van der Waals surface area contributed by atoms with Gasteiger partial charge in [-0.05, 0) is 78.9 Å². The Labute approximate surface area is 171 Å². The summed E-state index contributed by atoms with van der Waals surface area (Å²) in [4.78, 5) is 13.9. The monoisotopic (exact) mass is 400 g/mol. The lowest BCUT2D eigenvalue weighted by atomic mass is 9.99. The largest absolute Gasteiger partial charge is 0.481 e. The van der Waals surface area contributed by atoms with Crippen molar-refractivity contribution < 1.29 is 14.3 Å². The zero-order chi connectivity index (χ0) is 19.4. The van der Waals surface area contributed by atoms with Gasteiger partial charge in [-0.1, -0.05) is 37.6 Å². The molecule has 4 rings (SSSR count). The summed E-state index contributed by atoms with van der Waals surface area (Å²) in [5, 5.41) is 2.41. The molecule has 1 saturated heterocycles. The quantitative estimate of drug-likeness (QED) is 0.475. The molecule has 0 aromatic heterocycles. The lowest BCUT2D eigenvalue weighted by Crippen LogP contribution is -2.33. The standard InChI is InChI=1S/C24H32O3S/c1-2-24(14-6-7-15-24)27-23(25)18-26-21-12-13-22(28-16-8-3-9-17-28)20-11-5-4-10-19(20)21/h4-5,10-13,28H,2-3,6-9,14-18H2,1H3. The van der Waals surface area contributed by atoms with Gasteiger partial charge in [-0.3, -0.25) is 0 Å². The van der Waals surface area contributed by atoms with Crippen molar-refractivity contribution in [3.8, 4) is 5.75 Å². The lowest BCUT2D eigenvalue weighted by molar-refractivity contribution is -0.162. The summed E-state index contributed by atoms with van der Waals surface area (Å²) >= 11 is 0. The summed E-state index contributed by atoms with van der Waals surface area (Å²) < 4.78 is 11.8. The van der Waals surface area contributed by atoms with Crippen molar-refractivity contribution in [3.63, 3.8) is 0 Å². The first kappa shape index (κ1) is 19.6. The molecular formula is C24H32O3S. The number of fused-ring (bicyclic) bond motifs is 1. The van der Waals surface area contributed by atoms with E-state index in [2.05, 4.69) is 43.3 Å². The van der Waals surface area contributed by atoms with Crippen LogP contribution in [-0.2, 0) is 9.53 Å². The molecule has 152 valence electrons. The highest BCUT2D eigenvalue weighted by Crippen LogP contribution is 2.46. The number of rotatable bonds is 6. The second-order valence-corrected chi connectivity index (χ2v) is 10.6.